The van der Waals surface area contributed by atoms with E-state index in [2.05, 4.69) is 10.3 Å². The van der Waals surface area contributed by atoms with Gasteiger partial charge < -0.3 is 20.3 Å². The van der Waals surface area contributed by atoms with Crippen LogP contribution in [-0.2, 0) is 4.74 Å². The summed E-state index contributed by atoms with van der Waals surface area (Å²) in [4.78, 5) is 27.1. The van der Waals surface area contributed by atoms with Gasteiger partial charge in [0.05, 0.1) is 11.6 Å². The highest BCUT2D eigenvalue weighted by atomic mass is 16.6. The molecule has 2 rings (SSSR count). The van der Waals surface area contributed by atoms with Gasteiger partial charge in [0.2, 0.25) is 5.88 Å². The van der Waals surface area contributed by atoms with E-state index >= 15 is 0 Å². The number of aromatic amines is 1. The smallest absolute Gasteiger partial charge is 0.408 e. The normalized spacial score (nSPS) is 16.5. The number of hydrogen-bond acceptors (Lipinski definition) is 5. The SMILES string of the molecule is Cc1c(O)[nH]c(O)c1C(=O)C(NC(=O)OC(C)(C)C)C1CCC1. The van der Waals surface area contributed by atoms with Crippen molar-refractivity contribution in [2.45, 2.75) is 58.6 Å². The first-order chi connectivity index (χ1) is 10.6. The average molecular weight is 324 g/mol. The molecule has 7 nitrogen and oxygen atoms in total. The maximum absolute atomic E-state index is 12.8. The zero-order valence-corrected chi connectivity index (χ0v) is 13.9. The van der Waals surface area contributed by atoms with E-state index in [9.17, 15) is 19.8 Å². The van der Waals surface area contributed by atoms with Crippen LogP contribution in [0.3, 0.4) is 0 Å². The number of amides is 1. The van der Waals surface area contributed by atoms with Crippen LogP contribution in [0.5, 0.6) is 11.8 Å². The monoisotopic (exact) mass is 324 g/mol. The molecule has 128 valence electrons. The van der Waals surface area contributed by atoms with Gasteiger partial charge in [-0.15, -0.1) is 0 Å². The van der Waals surface area contributed by atoms with Gasteiger partial charge in [-0.2, -0.15) is 0 Å². The molecule has 1 fully saturated rings. The summed E-state index contributed by atoms with van der Waals surface area (Å²) in [7, 11) is 0. The van der Waals surface area contributed by atoms with E-state index in [4.69, 9.17) is 4.74 Å². The van der Waals surface area contributed by atoms with E-state index in [-0.39, 0.29) is 28.8 Å². The highest BCUT2D eigenvalue weighted by Gasteiger charge is 2.37. The molecule has 0 spiro atoms. The minimum absolute atomic E-state index is 0.00543. The number of alkyl carbamates (subject to hydrolysis) is 1. The van der Waals surface area contributed by atoms with E-state index in [0.29, 0.717) is 0 Å². The molecular weight excluding hydrogens is 300 g/mol. The number of H-pyrrole nitrogens is 1. The largest absolute Gasteiger partial charge is 0.494 e. The maximum Gasteiger partial charge on any atom is 0.408 e. The summed E-state index contributed by atoms with van der Waals surface area (Å²) in [5.74, 6) is -1.06. The Hall–Kier alpha value is -2.18. The third-order valence-corrected chi connectivity index (χ3v) is 4.03. The van der Waals surface area contributed by atoms with Crippen LogP contribution >= 0.6 is 0 Å². The minimum atomic E-state index is -0.779. The lowest BCUT2D eigenvalue weighted by Crippen LogP contribution is -2.49. The lowest BCUT2D eigenvalue weighted by molar-refractivity contribution is 0.0446. The van der Waals surface area contributed by atoms with Gasteiger partial charge >= 0.3 is 6.09 Å². The minimum Gasteiger partial charge on any atom is -0.494 e. The summed E-state index contributed by atoms with van der Waals surface area (Å²) in [6.07, 6.45) is 1.97. The predicted octanol–water partition coefficient (Wildman–Crippen LogP) is 2.61. The van der Waals surface area contributed by atoms with Crippen LogP contribution in [-0.4, -0.2) is 38.7 Å². The second-order valence-electron chi connectivity index (χ2n) is 7.00. The van der Waals surface area contributed by atoms with Gasteiger partial charge in [-0.05, 0) is 46.5 Å². The number of hydrogen-bond donors (Lipinski definition) is 4. The molecule has 1 unspecified atom stereocenters. The summed E-state index contributed by atoms with van der Waals surface area (Å²) in [5, 5.41) is 22.1. The van der Waals surface area contributed by atoms with E-state index in [0.717, 1.165) is 19.3 Å². The third-order valence-electron chi connectivity index (χ3n) is 4.03. The van der Waals surface area contributed by atoms with Crippen LogP contribution < -0.4 is 5.32 Å². The number of Topliss-reactive ketones (excluding diaryl/α,β-unsaturated/α-hetero) is 1. The number of carbonyl (C=O) groups is 2. The van der Waals surface area contributed by atoms with Gasteiger partial charge in [-0.25, -0.2) is 4.79 Å². The fourth-order valence-corrected chi connectivity index (χ4v) is 2.63. The van der Waals surface area contributed by atoms with Crippen molar-refractivity contribution in [1.82, 2.24) is 10.3 Å². The van der Waals surface area contributed by atoms with Crippen LogP contribution in [0.15, 0.2) is 0 Å². The van der Waals surface area contributed by atoms with Crippen molar-refractivity contribution in [3.05, 3.63) is 11.1 Å². The lowest BCUT2D eigenvalue weighted by Gasteiger charge is -2.33. The second kappa shape index (κ2) is 6.14. The molecule has 1 saturated carbocycles. The van der Waals surface area contributed by atoms with Crippen LogP contribution in [0.2, 0.25) is 0 Å². The van der Waals surface area contributed by atoms with Crippen LogP contribution in [0.25, 0.3) is 0 Å². The number of rotatable bonds is 4. The molecule has 7 heteroatoms. The molecule has 1 aliphatic carbocycles. The van der Waals surface area contributed by atoms with E-state index in [1.54, 1.807) is 20.8 Å². The molecule has 1 atom stereocenters. The number of ether oxygens (including phenoxy) is 1. The van der Waals surface area contributed by atoms with Gasteiger partial charge in [0.1, 0.15) is 5.60 Å². The molecule has 1 aromatic heterocycles. The summed E-state index contributed by atoms with van der Waals surface area (Å²) < 4.78 is 5.22. The molecular formula is C16H24N2O5. The molecule has 0 aromatic carbocycles. The van der Waals surface area contributed by atoms with Gasteiger partial charge in [-0.1, -0.05) is 6.42 Å². The standard InChI is InChI=1S/C16H24N2O5/c1-8-10(14(21)18-13(8)20)12(19)11(9-6-5-7-9)17-15(22)23-16(2,3)4/h9,11,18,20-21H,5-7H2,1-4H3,(H,17,22). The summed E-state index contributed by atoms with van der Waals surface area (Å²) in [6.45, 7) is 6.76. The number of carbonyl (C=O) groups excluding carboxylic acids is 2. The quantitative estimate of drug-likeness (QED) is 0.636. The van der Waals surface area contributed by atoms with Crippen LogP contribution in [0.4, 0.5) is 4.79 Å². The molecule has 1 aromatic rings. The number of aromatic nitrogens is 1. The van der Waals surface area contributed by atoms with Crippen molar-refractivity contribution >= 4 is 11.9 Å². The Bertz CT molecular complexity index is 611. The lowest BCUT2D eigenvalue weighted by atomic mass is 9.77. The van der Waals surface area contributed by atoms with Crippen LogP contribution in [0.1, 0.15) is 56.0 Å². The van der Waals surface area contributed by atoms with Gasteiger partial charge in [0.15, 0.2) is 11.7 Å². The fourth-order valence-electron chi connectivity index (χ4n) is 2.63. The highest BCUT2D eigenvalue weighted by Crippen LogP contribution is 2.35. The topological polar surface area (TPSA) is 112 Å². The number of aromatic hydroxyl groups is 2. The predicted molar refractivity (Wildman–Crippen MR) is 83.7 cm³/mol. The number of nitrogens with one attached hydrogen (secondary N) is 2. The first kappa shape index (κ1) is 17.2. The Morgan fingerprint density at radius 1 is 1.26 bits per heavy atom. The molecule has 23 heavy (non-hydrogen) atoms. The number of ketones is 1. The van der Waals surface area contributed by atoms with Crippen molar-refractivity contribution in [2.75, 3.05) is 0 Å². The maximum atomic E-state index is 12.8. The summed E-state index contributed by atoms with van der Waals surface area (Å²) in [6, 6.07) is -0.779. The van der Waals surface area contributed by atoms with Crippen molar-refractivity contribution in [3.8, 4) is 11.8 Å². The Morgan fingerprint density at radius 3 is 2.26 bits per heavy atom. The zero-order valence-electron chi connectivity index (χ0n) is 13.9. The van der Waals surface area contributed by atoms with Gasteiger partial charge in [0.25, 0.3) is 0 Å². The van der Waals surface area contributed by atoms with Gasteiger partial charge in [-0.3, -0.25) is 9.78 Å². The van der Waals surface area contributed by atoms with E-state index < -0.39 is 23.5 Å². The zero-order chi connectivity index (χ0) is 17.4. The molecule has 1 amide bonds. The van der Waals surface area contributed by atoms with Crippen molar-refractivity contribution in [2.24, 2.45) is 5.92 Å². The summed E-state index contributed by atoms with van der Waals surface area (Å²) >= 11 is 0. The van der Waals surface area contributed by atoms with Crippen molar-refractivity contribution in [3.63, 3.8) is 0 Å². The molecule has 1 aliphatic rings. The van der Waals surface area contributed by atoms with E-state index in [1.165, 1.54) is 6.92 Å². The first-order valence-electron chi connectivity index (χ1n) is 7.74. The Labute approximate surface area is 135 Å². The van der Waals surface area contributed by atoms with E-state index in [1.807, 2.05) is 0 Å². The third kappa shape index (κ3) is 3.78. The van der Waals surface area contributed by atoms with Crippen LogP contribution in [0, 0.1) is 12.8 Å². The highest BCUT2D eigenvalue weighted by molar-refractivity contribution is 6.05. The first-order valence-corrected chi connectivity index (χ1v) is 7.74. The molecule has 0 saturated heterocycles. The second-order valence-corrected chi connectivity index (χ2v) is 7.00. The van der Waals surface area contributed by atoms with Gasteiger partial charge in [0, 0.05) is 5.56 Å². The Balaban J connectivity index is 2.21. The molecule has 0 radical (unpaired) electrons. The Morgan fingerprint density at radius 2 is 1.87 bits per heavy atom. The average Bonchev–Trinajstić information content (AvgIpc) is 2.57. The molecule has 0 aliphatic heterocycles. The van der Waals surface area contributed by atoms with Crippen molar-refractivity contribution < 1.29 is 24.5 Å². The molecule has 1 heterocycles. The fraction of sp³-hybridized carbons (Fsp3) is 0.625. The van der Waals surface area contributed by atoms with Crippen molar-refractivity contribution in [1.29, 1.82) is 0 Å². The Kier molecular flexibility index (Phi) is 4.58. The molecule has 4 N–H and O–H groups in total. The molecule has 0 bridgehead atoms. The summed E-state index contributed by atoms with van der Waals surface area (Å²) in [5.41, 5.74) is -0.389.